The second kappa shape index (κ2) is 4.78. The maximum absolute atomic E-state index is 9.19. The van der Waals surface area contributed by atoms with Crippen LogP contribution in [0.15, 0.2) is 30.3 Å². The molecule has 2 heteroatoms. The largest absolute Gasteiger partial charge is 0.491 e. The lowest BCUT2D eigenvalue weighted by atomic mass is 10.3. The second-order valence-corrected chi connectivity index (χ2v) is 2.69. The van der Waals surface area contributed by atoms with E-state index < -0.39 is 0 Å². The molecule has 0 spiro atoms. The van der Waals surface area contributed by atoms with Crippen molar-refractivity contribution < 1.29 is 9.84 Å². The van der Waals surface area contributed by atoms with Gasteiger partial charge in [-0.05, 0) is 18.6 Å². The first-order valence-electron chi connectivity index (χ1n) is 4.19. The van der Waals surface area contributed by atoms with Crippen LogP contribution < -0.4 is 4.74 Å². The molecule has 1 rings (SSSR count). The average molecular weight is 166 g/mol. The van der Waals surface area contributed by atoms with Crippen molar-refractivity contribution in [3.63, 3.8) is 0 Å². The first-order chi connectivity index (χ1) is 5.83. The Labute approximate surface area is 72.8 Å². The number of hydrogen-bond acceptors (Lipinski definition) is 2. The molecule has 0 aliphatic rings. The van der Waals surface area contributed by atoms with E-state index in [1.807, 2.05) is 37.3 Å². The Morgan fingerprint density at radius 3 is 2.58 bits per heavy atom. The van der Waals surface area contributed by atoms with Crippen LogP contribution in [-0.4, -0.2) is 17.8 Å². The summed E-state index contributed by atoms with van der Waals surface area (Å²) in [4.78, 5) is 0. The van der Waals surface area contributed by atoms with Crippen molar-refractivity contribution in [2.24, 2.45) is 0 Å². The van der Waals surface area contributed by atoms with Crippen molar-refractivity contribution in [3.05, 3.63) is 30.3 Å². The molecule has 0 aliphatic heterocycles. The van der Waals surface area contributed by atoms with Crippen LogP contribution in [0.3, 0.4) is 0 Å². The molecule has 0 fully saturated rings. The maximum atomic E-state index is 9.19. The van der Waals surface area contributed by atoms with Crippen molar-refractivity contribution in [2.45, 2.75) is 19.4 Å². The standard InChI is InChI=1S/C10H14O2/c1-2-9(11)8-12-10-6-4-3-5-7-10/h3-7,9,11H,2,8H2,1H3/t9-/m0/s1. The summed E-state index contributed by atoms with van der Waals surface area (Å²) in [7, 11) is 0. The molecule has 0 saturated carbocycles. The van der Waals surface area contributed by atoms with Crippen molar-refractivity contribution in [1.29, 1.82) is 0 Å². The molecule has 0 bridgehead atoms. The van der Waals surface area contributed by atoms with Gasteiger partial charge in [0.1, 0.15) is 12.4 Å². The van der Waals surface area contributed by atoms with Crippen LogP contribution in [0.4, 0.5) is 0 Å². The zero-order chi connectivity index (χ0) is 8.81. The SMILES string of the molecule is CC[C@H](O)COc1ccccc1. The molecule has 0 aromatic heterocycles. The van der Waals surface area contributed by atoms with Crippen molar-refractivity contribution in [2.75, 3.05) is 6.61 Å². The molecule has 0 aliphatic carbocycles. The molecular formula is C10H14O2. The Morgan fingerprint density at radius 1 is 1.33 bits per heavy atom. The Hall–Kier alpha value is -1.02. The molecule has 1 aromatic rings. The Kier molecular flexibility index (Phi) is 3.61. The molecular weight excluding hydrogens is 152 g/mol. The van der Waals surface area contributed by atoms with Gasteiger partial charge >= 0.3 is 0 Å². The van der Waals surface area contributed by atoms with Crippen molar-refractivity contribution in [3.8, 4) is 5.75 Å². The first-order valence-corrected chi connectivity index (χ1v) is 4.19. The van der Waals surface area contributed by atoms with E-state index >= 15 is 0 Å². The maximum Gasteiger partial charge on any atom is 0.119 e. The third-order valence-electron chi connectivity index (χ3n) is 1.66. The first kappa shape index (κ1) is 9.07. The van der Waals surface area contributed by atoms with Crippen LogP contribution in [0.2, 0.25) is 0 Å². The predicted molar refractivity (Wildman–Crippen MR) is 48.2 cm³/mol. The van der Waals surface area contributed by atoms with Crippen LogP contribution in [-0.2, 0) is 0 Å². The van der Waals surface area contributed by atoms with Crippen molar-refractivity contribution >= 4 is 0 Å². The lowest BCUT2D eigenvalue weighted by Gasteiger charge is -2.09. The van der Waals surface area contributed by atoms with Gasteiger partial charge in [0.05, 0.1) is 6.10 Å². The number of ether oxygens (including phenoxy) is 1. The smallest absolute Gasteiger partial charge is 0.119 e. The van der Waals surface area contributed by atoms with Crippen LogP contribution in [0.1, 0.15) is 13.3 Å². The molecule has 0 amide bonds. The average Bonchev–Trinajstić information content (AvgIpc) is 2.16. The molecule has 66 valence electrons. The van der Waals surface area contributed by atoms with Crippen LogP contribution in [0, 0.1) is 0 Å². The summed E-state index contributed by atoms with van der Waals surface area (Å²) in [6, 6.07) is 9.51. The number of aliphatic hydroxyl groups excluding tert-OH is 1. The highest BCUT2D eigenvalue weighted by molar-refractivity contribution is 5.20. The lowest BCUT2D eigenvalue weighted by molar-refractivity contribution is 0.104. The fourth-order valence-electron chi connectivity index (χ4n) is 0.827. The summed E-state index contributed by atoms with van der Waals surface area (Å²) in [6.07, 6.45) is 0.373. The van der Waals surface area contributed by atoms with Gasteiger partial charge in [0, 0.05) is 0 Å². The monoisotopic (exact) mass is 166 g/mol. The summed E-state index contributed by atoms with van der Waals surface area (Å²) in [5, 5.41) is 9.19. The van der Waals surface area contributed by atoms with Gasteiger partial charge in [0.2, 0.25) is 0 Å². The minimum atomic E-state index is -0.356. The van der Waals surface area contributed by atoms with Gasteiger partial charge in [0.15, 0.2) is 0 Å². The number of rotatable bonds is 4. The molecule has 0 heterocycles. The number of hydrogen-bond donors (Lipinski definition) is 1. The van der Waals surface area contributed by atoms with E-state index in [1.165, 1.54) is 0 Å². The molecule has 0 unspecified atom stereocenters. The zero-order valence-electron chi connectivity index (χ0n) is 7.23. The molecule has 0 radical (unpaired) electrons. The summed E-state index contributed by atoms with van der Waals surface area (Å²) in [6.45, 7) is 2.31. The van der Waals surface area contributed by atoms with Gasteiger partial charge in [-0.2, -0.15) is 0 Å². The highest BCUT2D eigenvalue weighted by Crippen LogP contribution is 2.08. The number of aliphatic hydroxyl groups is 1. The molecule has 1 N–H and O–H groups in total. The molecule has 0 saturated heterocycles. The highest BCUT2D eigenvalue weighted by atomic mass is 16.5. The highest BCUT2D eigenvalue weighted by Gasteiger charge is 2.00. The minimum Gasteiger partial charge on any atom is -0.491 e. The molecule has 1 atom stereocenters. The van der Waals surface area contributed by atoms with E-state index in [-0.39, 0.29) is 6.10 Å². The minimum absolute atomic E-state index is 0.356. The van der Waals surface area contributed by atoms with Gasteiger partial charge in [0.25, 0.3) is 0 Å². The van der Waals surface area contributed by atoms with Gasteiger partial charge < -0.3 is 9.84 Å². The quantitative estimate of drug-likeness (QED) is 0.739. The third kappa shape index (κ3) is 2.93. The fourth-order valence-corrected chi connectivity index (χ4v) is 0.827. The summed E-state index contributed by atoms with van der Waals surface area (Å²) < 4.78 is 5.31. The number of para-hydroxylation sites is 1. The van der Waals surface area contributed by atoms with E-state index in [4.69, 9.17) is 4.74 Å². The van der Waals surface area contributed by atoms with Gasteiger partial charge in [-0.3, -0.25) is 0 Å². The Bertz CT molecular complexity index is 208. The van der Waals surface area contributed by atoms with Gasteiger partial charge in [-0.15, -0.1) is 0 Å². The van der Waals surface area contributed by atoms with E-state index in [1.54, 1.807) is 0 Å². The Morgan fingerprint density at radius 2 is 2.00 bits per heavy atom. The fraction of sp³-hybridized carbons (Fsp3) is 0.400. The van der Waals surface area contributed by atoms with Crippen molar-refractivity contribution in [1.82, 2.24) is 0 Å². The van der Waals surface area contributed by atoms with E-state index in [2.05, 4.69) is 0 Å². The van der Waals surface area contributed by atoms with E-state index in [9.17, 15) is 5.11 Å². The topological polar surface area (TPSA) is 29.5 Å². The number of benzene rings is 1. The Balaban J connectivity index is 2.33. The molecule has 12 heavy (non-hydrogen) atoms. The predicted octanol–water partition coefficient (Wildman–Crippen LogP) is 1.84. The second-order valence-electron chi connectivity index (χ2n) is 2.69. The molecule has 2 nitrogen and oxygen atoms in total. The van der Waals surface area contributed by atoms with E-state index in [0.29, 0.717) is 6.61 Å². The van der Waals surface area contributed by atoms with Crippen LogP contribution >= 0.6 is 0 Å². The molecule has 1 aromatic carbocycles. The zero-order valence-corrected chi connectivity index (χ0v) is 7.23. The van der Waals surface area contributed by atoms with Crippen LogP contribution in [0.25, 0.3) is 0 Å². The summed E-state index contributed by atoms with van der Waals surface area (Å²) in [5.41, 5.74) is 0. The van der Waals surface area contributed by atoms with Gasteiger partial charge in [-0.1, -0.05) is 25.1 Å². The van der Waals surface area contributed by atoms with Crippen LogP contribution in [0.5, 0.6) is 5.75 Å². The lowest BCUT2D eigenvalue weighted by Crippen LogP contribution is -2.15. The van der Waals surface area contributed by atoms with E-state index in [0.717, 1.165) is 12.2 Å². The van der Waals surface area contributed by atoms with Gasteiger partial charge in [-0.25, -0.2) is 0 Å². The summed E-state index contributed by atoms with van der Waals surface area (Å²) in [5.74, 6) is 0.810. The normalized spacial score (nSPS) is 12.5. The third-order valence-corrected chi connectivity index (χ3v) is 1.66. The summed E-state index contributed by atoms with van der Waals surface area (Å²) >= 11 is 0.